The van der Waals surface area contributed by atoms with Crippen LogP contribution in [0.15, 0.2) is 95.7 Å². The molecule has 178 valence electrons. The van der Waals surface area contributed by atoms with Crippen molar-refractivity contribution < 1.29 is 8.42 Å². The Hall–Kier alpha value is -3.21. The Balaban J connectivity index is 1.60. The fourth-order valence-corrected chi connectivity index (χ4v) is 5.48. The third-order valence-corrected chi connectivity index (χ3v) is 7.18. The van der Waals surface area contributed by atoms with Gasteiger partial charge in [-0.25, -0.2) is 8.42 Å². The summed E-state index contributed by atoms with van der Waals surface area (Å²) in [7, 11) is -3.37. The summed E-state index contributed by atoms with van der Waals surface area (Å²) < 4.78 is 28.9. The second kappa shape index (κ2) is 9.44. The number of hydrogen-bond acceptors (Lipinski definition) is 4. The maximum Gasteiger partial charge on any atom is 0.229 e. The molecule has 10 heteroatoms. The van der Waals surface area contributed by atoms with E-state index in [-0.39, 0.29) is 12.1 Å². The predicted octanol–water partition coefficient (Wildman–Crippen LogP) is 5.18. The monoisotopic (exact) mass is 567 g/mol. The minimum atomic E-state index is -3.37. The van der Waals surface area contributed by atoms with E-state index in [1.54, 1.807) is 18.3 Å². The van der Waals surface area contributed by atoms with E-state index in [2.05, 4.69) is 58.6 Å². The van der Waals surface area contributed by atoms with E-state index in [1.807, 2.05) is 54.7 Å². The van der Waals surface area contributed by atoms with Crippen LogP contribution in [0.25, 0.3) is 5.69 Å². The molecule has 3 heterocycles. The normalized spacial score (nSPS) is 17.9. The molecule has 4 aromatic rings. The summed E-state index contributed by atoms with van der Waals surface area (Å²) in [5.74, 6) is 0. The third-order valence-electron chi connectivity index (χ3n) is 5.73. The number of aromatic nitrogens is 2. The first-order valence-electron chi connectivity index (χ1n) is 10.8. The first-order valence-corrected chi connectivity index (χ1v) is 13.9. The van der Waals surface area contributed by atoms with E-state index in [1.165, 1.54) is 0 Å². The largest absolute Gasteiger partial charge is 0.351 e. The number of pyridine rings is 1. The van der Waals surface area contributed by atoms with Crippen LogP contribution in [-0.4, -0.2) is 29.3 Å². The van der Waals surface area contributed by atoms with E-state index >= 15 is 0 Å². The molecular formula is C25H22BrN5O2S2. The zero-order valence-corrected chi connectivity index (χ0v) is 21.9. The van der Waals surface area contributed by atoms with Gasteiger partial charge in [0.1, 0.15) is 6.04 Å². The van der Waals surface area contributed by atoms with Gasteiger partial charge in [-0.05, 0) is 85.0 Å². The second-order valence-corrected chi connectivity index (χ2v) is 11.2. The van der Waals surface area contributed by atoms with Crippen LogP contribution in [-0.2, 0) is 10.0 Å². The zero-order valence-electron chi connectivity index (χ0n) is 18.7. The van der Waals surface area contributed by atoms with Gasteiger partial charge < -0.3 is 14.8 Å². The van der Waals surface area contributed by atoms with E-state index < -0.39 is 10.0 Å². The Kier molecular flexibility index (Phi) is 6.35. The molecule has 0 aliphatic carbocycles. The number of anilines is 2. The Morgan fingerprint density at radius 1 is 0.971 bits per heavy atom. The molecular weight excluding hydrogens is 546 g/mol. The van der Waals surface area contributed by atoms with Crippen molar-refractivity contribution in [2.24, 2.45) is 0 Å². The fraction of sp³-hybridized carbons (Fsp3) is 0.120. The third kappa shape index (κ3) is 4.95. The van der Waals surface area contributed by atoms with Crippen LogP contribution >= 0.6 is 28.1 Å². The van der Waals surface area contributed by atoms with Gasteiger partial charge in [-0.15, -0.1) is 0 Å². The number of hydrogen-bond donors (Lipinski definition) is 2. The van der Waals surface area contributed by atoms with Crippen molar-refractivity contribution in [2.45, 2.75) is 12.1 Å². The Labute approximate surface area is 218 Å². The molecule has 7 nitrogen and oxygen atoms in total. The van der Waals surface area contributed by atoms with Gasteiger partial charge in [0.15, 0.2) is 5.11 Å². The van der Waals surface area contributed by atoms with Gasteiger partial charge >= 0.3 is 0 Å². The molecule has 2 atom stereocenters. The first kappa shape index (κ1) is 23.5. The molecule has 5 rings (SSSR count). The summed E-state index contributed by atoms with van der Waals surface area (Å²) in [6.45, 7) is 0. The van der Waals surface area contributed by atoms with Gasteiger partial charge in [-0.3, -0.25) is 9.71 Å². The predicted molar refractivity (Wildman–Crippen MR) is 146 cm³/mol. The molecule has 0 unspecified atom stereocenters. The van der Waals surface area contributed by atoms with Crippen molar-refractivity contribution in [3.05, 3.63) is 107 Å². The Morgan fingerprint density at radius 2 is 1.69 bits per heavy atom. The average Bonchev–Trinajstić information content (AvgIpc) is 3.44. The van der Waals surface area contributed by atoms with Crippen LogP contribution in [0, 0.1) is 0 Å². The lowest BCUT2D eigenvalue weighted by Gasteiger charge is -2.29. The summed E-state index contributed by atoms with van der Waals surface area (Å²) in [4.78, 5) is 6.67. The van der Waals surface area contributed by atoms with Crippen molar-refractivity contribution in [3.63, 3.8) is 0 Å². The van der Waals surface area contributed by atoms with Crippen LogP contribution < -0.4 is 14.9 Å². The number of nitrogens with one attached hydrogen (secondary N) is 2. The van der Waals surface area contributed by atoms with Gasteiger partial charge in [-0.2, -0.15) is 0 Å². The lowest BCUT2D eigenvalue weighted by Crippen LogP contribution is -2.30. The Morgan fingerprint density at radius 3 is 2.34 bits per heavy atom. The average molecular weight is 569 g/mol. The zero-order chi connectivity index (χ0) is 24.6. The molecule has 1 aliphatic rings. The smallest absolute Gasteiger partial charge is 0.229 e. The molecule has 1 aliphatic heterocycles. The number of thiocarbonyl (C=S) groups is 1. The number of rotatable bonds is 6. The molecule has 0 spiro atoms. The molecule has 1 saturated heterocycles. The lowest BCUT2D eigenvalue weighted by atomic mass is 10.0. The number of nitrogens with zero attached hydrogens (tertiary/aromatic N) is 3. The van der Waals surface area contributed by atoms with E-state index in [4.69, 9.17) is 12.2 Å². The van der Waals surface area contributed by atoms with Crippen LogP contribution in [0.1, 0.15) is 23.5 Å². The summed E-state index contributed by atoms with van der Waals surface area (Å²) in [5.41, 5.74) is 4.27. The van der Waals surface area contributed by atoms with Crippen molar-refractivity contribution in [3.8, 4) is 5.69 Å². The highest BCUT2D eigenvalue weighted by molar-refractivity contribution is 9.10. The van der Waals surface area contributed by atoms with Crippen molar-refractivity contribution >= 4 is 54.7 Å². The van der Waals surface area contributed by atoms with E-state index in [0.29, 0.717) is 10.8 Å². The molecule has 1 fully saturated rings. The van der Waals surface area contributed by atoms with Crippen LogP contribution in [0.5, 0.6) is 0 Å². The van der Waals surface area contributed by atoms with Crippen molar-refractivity contribution in [2.75, 3.05) is 15.9 Å². The van der Waals surface area contributed by atoms with Crippen molar-refractivity contribution in [1.82, 2.24) is 14.9 Å². The van der Waals surface area contributed by atoms with Gasteiger partial charge in [0.05, 0.1) is 18.0 Å². The van der Waals surface area contributed by atoms with Crippen LogP contribution in [0.2, 0.25) is 0 Å². The highest BCUT2D eigenvalue weighted by Gasteiger charge is 2.42. The molecule has 2 N–H and O–H groups in total. The van der Waals surface area contributed by atoms with Gasteiger partial charge in [0.2, 0.25) is 10.0 Å². The molecule has 0 radical (unpaired) electrons. The standard InChI is InChI=1S/C25H22BrN5O2S2/c1-35(32,33)29-18-9-13-20(14-10-18)31-24(23(28-25(31)34)21-5-2-3-15-27-21)22-6-4-16-30(22)19-11-7-17(26)8-12-19/h2-16,23-24,29H,1H3,(H,28,34)/t23-,24-/m0/s1. The van der Waals surface area contributed by atoms with Crippen LogP contribution in [0.3, 0.4) is 0 Å². The minimum Gasteiger partial charge on any atom is -0.351 e. The maximum atomic E-state index is 11.6. The van der Waals surface area contributed by atoms with Gasteiger partial charge in [0.25, 0.3) is 0 Å². The highest BCUT2D eigenvalue weighted by Crippen LogP contribution is 2.42. The second-order valence-electron chi connectivity index (χ2n) is 8.20. The molecule has 0 bridgehead atoms. The first-order chi connectivity index (χ1) is 16.8. The summed E-state index contributed by atoms with van der Waals surface area (Å²) >= 11 is 9.32. The minimum absolute atomic E-state index is 0.193. The number of benzene rings is 2. The fourth-order valence-electron chi connectivity index (χ4n) is 4.31. The van der Waals surface area contributed by atoms with Gasteiger partial charge in [0, 0.05) is 39.6 Å². The van der Waals surface area contributed by atoms with Crippen LogP contribution in [0.4, 0.5) is 11.4 Å². The summed E-state index contributed by atoms with van der Waals surface area (Å²) in [6.07, 6.45) is 4.94. The van der Waals surface area contributed by atoms with E-state index in [0.717, 1.165) is 33.5 Å². The summed E-state index contributed by atoms with van der Waals surface area (Å²) in [5, 5.41) is 4.03. The number of halogens is 1. The molecule has 2 aromatic heterocycles. The van der Waals surface area contributed by atoms with Crippen molar-refractivity contribution in [1.29, 1.82) is 0 Å². The summed E-state index contributed by atoms with van der Waals surface area (Å²) in [6, 6.07) is 24.9. The highest BCUT2D eigenvalue weighted by atomic mass is 79.9. The number of sulfonamides is 1. The van der Waals surface area contributed by atoms with E-state index in [9.17, 15) is 8.42 Å². The quantitative estimate of drug-likeness (QED) is 0.312. The molecule has 35 heavy (non-hydrogen) atoms. The molecule has 0 saturated carbocycles. The van der Waals surface area contributed by atoms with Gasteiger partial charge in [-0.1, -0.05) is 22.0 Å². The lowest BCUT2D eigenvalue weighted by molar-refractivity contribution is 0.549. The molecule has 2 aromatic carbocycles. The Bertz CT molecular complexity index is 1460. The SMILES string of the molecule is CS(=O)(=O)Nc1ccc(N2C(=S)N[C@@H](c3ccccn3)[C@@H]2c2cccn2-c2ccc(Br)cc2)cc1. The molecule has 0 amide bonds. The maximum absolute atomic E-state index is 11.6. The topological polar surface area (TPSA) is 79.3 Å².